The Morgan fingerprint density at radius 2 is 1.75 bits per heavy atom. The number of amidine groups is 1. The molecular weight excluding hydrogens is 525 g/mol. The maximum atomic E-state index is 13.4. The van der Waals surface area contributed by atoms with Crippen LogP contribution in [0.3, 0.4) is 0 Å². The normalized spacial score (nSPS) is 14.4. The van der Waals surface area contributed by atoms with E-state index in [4.69, 9.17) is 21.0 Å². The Kier molecular flexibility index (Phi) is 7.31. The maximum absolute atomic E-state index is 13.4. The van der Waals surface area contributed by atoms with Crippen molar-refractivity contribution in [2.45, 2.75) is 32.2 Å². The molecule has 0 aromatic heterocycles. The molecule has 0 spiro atoms. The van der Waals surface area contributed by atoms with Crippen molar-refractivity contribution in [3.63, 3.8) is 0 Å². The minimum absolute atomic E-state index is 0.0821. The Labute approximate surface area is 227 Å². The number of hydrogen-bond acceptors (Lipinski definition) is 7. The molecule has 5 rings (SSSR count). The monoisotopic (exact) mass is 550 g/mol. The summed E-state index contributed by atoms with van der Waals surface area (Å²) >= 11 is 0. The van der Waals surface area contributed by atoms with Crippen LogP contribution < -0.4 is 11.5 Å². The number of anilines is 1. The topological polar surface area (TPSA) is 120 Å². The van der Waals surface area contributed by atoms with Crippen LogP contribution in [0.15, 0.2) is 71.2 Å². The summed E-state index contributed by atoms with van der Waals surface area (Å²) in [6.07, 6.45) is -4.26. The van der Waals surface area contributed by atoms with Crippen molar-refractivity contribution in [1.82, 2.24) is 5.06 Å². The van der Waals surface area contributed by atoms with Gasteiger partial charge in [0.05, 0.1) is 24.2 Å². The number of nitrogens with zero attached hydrogens (tertiary/aromatic N) is 2. The van der Waals surface area contributed by atoms with Crippen LogP contribution in [0.4, 0.5) is 24.5 Å². The maximum Gasteiger partial charge on any atom is 0.390 e. The van der Waals surface area contributed by atoms with Gasteiger partial charge in [-0.25, -0.2) is 14.9 Å². The van der Waals surface area contributed by atoms with Crippen molar-refractivity contribution >= 4 is 35.2 Å². The fourth-order valence-corrected chi connectivity index (χ4v) is 4.38. The molecule has 2 heterocycles. The molecule has 0 bridgehead atoms. The molecule has 0 aliphatic carbocycles. The summed E-state index contributed by atoms with van der Waals surface area (Å²) in [6, 6.07) is 17.3. The Balaban J connectivity index is 1.41. The average Bonchev–Trinajstić information content (AvgIpc) is 3.19. The highest BCUT2D eigenvalue weighted by atomic mass is 19.4. The smallest absolute Gasteiger partial charge is 0.390 e. The second kappa shape index (κ2) is 10.9. The number of carbonyl (C=O) groups is 2. The third kappa shape index (κ3) is 6.15. The van der Waals surface area contributed by atoms with Crippen LogP contribution in [-0.4, -0.2) is 35.5 Å². The van der Waals surface area contributed by atoms with Crippen LogP contribution in [-0.2, 0) is 27.6 Å². The number of nitrogens with two attached hydrogens (primary N) is 2. The lowest BCUT2D eigenvalue weighted by molar-refractivity contribution is -0.201. The largest absolute Gasteiger partial charge is 0.457 e. The number of benzene rings is 3. The lowest BCUT2D eigenvalue weighted by Crippen LogP contribution is -2.36. The van der Waals surface area contributed by atoms with E-state index in [9.17, 15) is 22.8 Å². The molecule has 2 aliphatic rings. The molecule has 40 heavy (non-hydrogen) atoms. The van der Waals surface area contributed by atoms with Gasteiger partial charge in [0.15, 0.2) is 0 Å². The second-order valence-corrected chi connectivity index (χ2v) is 9.46. The van der Waals surface area contributed by atoms with Crippen LogP contribution in [0.25, 0.3) is 17.2 Å². The van der Waals surface area contributed by atoms with E-state index >= 15 is 0 Å². The van der Waals surface area contributed by atoms with Gasteiger partial charge >= 0.3 is 12.1 Å². The highest BCUT2D eigenvalue weighted by Gasteiger charge is 2.31. The number of cyclic esters (lactones) is 1. The summed E-state index contributed by atoms with van der Waals surface area (Å²) in [4.78, 5) is 35.4. The number of esters is 1. The molecule has 8 nitrogen and oxygen atoms in total. The molecule has 0 saturated carbocycles. The number of hydrogen-bond donors (Lipinski definition) is 2. The quantitative estimate of drug-likeness (QED) is 0.234. The molecule has 4 N–H and O–H groups in total. The number of rotatable bonds is 7. The molecule has 3 aromatic carbocycles. The zero-order valence-corrected chi connectivity index (χ0v) is 21.2. The summed E-state index contributed by atoms with van der Waals surface area (Å²) in [6.45, 7) is -0.585. The van der Waals surface area contributed by atoms with E-state index in [0.717, 1.165) is 16.7 Å². The third-order valence-electron chi connectivity index (χ3n) is 6.48. The number of aliphatic imine (C=N–C) groups is 1. The summed E-state index contributed by atoms with van der Waals surface area (Å²) < 4.78 is 44.2. The lowest BCUT2D eigenvalue weighted by atomic mass is 9.98. The van der Waals surface area contributed by atoms with Gasteiger partial charge in [0.2, 0.25) is 0 Å². The molecular formula is C29H25F3N4O4. The summed E-state index contributed by atoms with van der Waals surface area (Å²) in [5, 5.41) is 0.714. The van der Waals surface area contributed by atoms with Gasteiger partial charge in [-0.1, -0.05) is 36.4 Å². The third-order valence-corrected chi connectivity index (χ3v) is 6.48. The first-order valence-corrected chi connectivity index (χ1v) is 12.4. The molecule has 0 radical (unpaired) electrons. The predicted octanol–water partition coefficient (Wildman–Crippen LogP) is 5.29. The molecule has 3 aromatic rings. The number of hydroxylamine groups is 2. The van der Waals surface area contributed by atoms with Crippen molar-refractivity contribution in [1.29, 1.82) is 0 Å². The van der Waals surface area contributed by atoms with E-state index in [1.165, 1.54) is 0 Å². The van der Waals surface area contributed by atoms with E-state index in [-0.39, 0.29) is 37.0 Å². The number of nitrogen functional groups attached to an aromatic ring is 1. The number of ether oxygens (including phenoxy) is 1. The molecule has 0 atom stereocenters. The molecule has 0 unspecified atom stereocenters. The second-order valence-electron chi connectivity index (χ2n) is 9.46. The Morgan fingerprint density at radius 3 is 2.50 bits per heavy atom. The Hall–Kier alpha value is -4.64. The van der Waals surface area contributed by atoms with Gasteiger partial charge in [-0.05, 0) is 47.0 Å². The molecule has 11 heteroatoms. The molecule has 2 aliphatic heterocycles. The number of alkyl halides is 3. The summed E-state index contributed by atoms with van der Waals surface area (Å²) in [7, 11) is 0. The lowest BCUT2D eigenvalue weighted by Gasteiger charge is -2.24. The van der Waals surface area contributed by atoms with Gasteiger partial charge < -0.3 is 16.2 Å². The van der Waals surface area contributed by atoms with Crippen molar-refractivity contribution in [2.75, 3.05) is 12.3 Å². The minimum Gasteiger partial charge on any atom is -0.457 e. The van der Waals surface area contributed by atoms with Crippen molar-refractivity contribution < 1.29 is 32.3 Å². The van der Waals surface area contributed by atoms with Gasteiger partial charge in [-0.15, -0.1) is 0 Å². The van der Waals surface area contributed by atoms with Gasteiger partial charge in [0, 0.05) is 28.8 Å². The molecule has 1 amide bonds. The van der Waals surface area contributed by atoms with E-state index in [1.807, 2.05) is 12.1 Å². The first-order chi connectivity index (χ1) is 19.1. The number of halogens is 3. The van der Waals surface area contributed by atoms with Gasteiger partial charge in [0.25, 0.3) is 5.91 Å². The first kappa shape index (κ1) is 26.9. The summed E-state index contributed by atoms with van der Waals surface area (Å²) in [5.41, 5.74) is 17.0. The highest BCUT2D eigenvalue weighted by Crippen LogP contribution is 2.34. The summed E-state index contributed by atoms with van der Waals surface area (Å²) in [5.74, 6) is -1.01. The zero-order valence-electron chi connectivity index (χ0n) is 21.2. The van der Waals surface area contributed by atoms with Gasteiger partial charge in [-0.2, -0.15) is 13.2 Å². The van der Waals surface area contributed by atoms with Crippen molar-refractivity contribution in [3.8, 4) is 11.1 Å². The fraction of sp³-hybridized carbons (Fsp3) is 0.207. The first-order valence-electron chi connectivity index (χ1n) is 12.4. The zero-order chi connectivity index (χ0) is 28.4. The van der Waals surface area contributed by atoms with Crippen molar-refractivity contribution in [3.05, 3.63) is 88.5 Å². The number of carbonyl (C=O) groups excluding carboxylic acids is 2. The molecule has 0 saturated heterocycles. The minimum atomic E-state index is -4.49. The molecule has 0 fully saturated rings. The van der Waals surface area contributed by atoms with Crippen LogP contribution in [0, 0.1) is 0 Å². The highest BCUT2D eigenvalue weighted by molar-refractivity contribution is 6.05. The Morgan fingerprint density at radius 1 is 1.02 bits per heavy atom. The van der Waals surface area contributed by atoms with E-state index in [2.05, 4.69) is 4.99 Å². The number of amides is 1. The molecule has 206 valence electrons. The standard InChI is InChI=1S/C29H25F3N4O4/c30-29(31,32)9-10-36(40-15-17-1-7-23(33)8-2-17)27(37)22-11-20-5-3-19(13-25(20)35-26(34)14-22)18-4-6-21-16-39-28(38)24(21)12-18/h1-8,11-13H,9-10,14-16,33H2,(H2,34,35). The number of fused-ring (bicyclic) bond motifs is 2. The fourth-order valence-electron chi connectivity index (χ4n) is 4.38. The van der Waals surface area contributed by atoms with Crippen LogP contribution >= 0.6 is 0 Å². The van der Waals surface area contributed by atoms with Crippen LogP contribution in [0.2, 0.25) is 0 Å². The Bertz CT molecular complexity index is 1530. The van der Waals surface area contributed by atoms with E-state index in [1.54, 1.807) is 54.6 Å². The van der Waals surface area contributed by atoms with Gasteiger partial charge in [0.1, 0.15) is 19.0 Å². The van der Waals surface area contributed by atoms with Crippen LogP contribution in [0.1, 0.15) is 39.9 Å². The SMILES string of the molecule is NC1=Nc2cc(-c3ccc4c(c3)C(=O)OC4)ccc2C=C(C(=O)N(CCC(F)(F)F)OCc2ccc(N)cc2)C1. The van der Waals surface area contributed by atoms with E-state index < -0.39 is 25.0 Å². The predicted molar refractivity (Wildman–Crippen MR) is 143 cm³/mol. The van der Waals surface area contributed by atoms with Crippen molar-refractivity contribution in [2.24, 2.45) is 10.7 Å². The van der Waals surface area contributed by atoms with E-state index in [0.29, 0.717) is 33.1 Å². The van der Waals surface area contributed by atoms with Gasteiger partial charge in [-0.3, -0.25) is 9.63 Å². The average molecular weight is 551 g/mol. The van der Waals surface area contributed by atoms with Crippen LogP contribution in [0.5, 0.6) is 0 Å².